The molecular weight excluding hydrogens is 258 g/mol. The summed E-state index contributed by atoms with van der Waals surface area (Å²) in [6.07, 6.45) is 1.89. The summed E-state index contributed by atoms with van der Waals surface area (Å²) in [5.41, 5.74) is 1.11. The summed E-state index contributed by atoms with van der Waals surface area (Å²) >= 11 is 5.90. The molecule has 0 aliphatic heterocycles. The summed E-state index contributed by atoms with van der Waals surface area (Å²) in [5, 5.41) is 3.99. The number of nitrogens with one attached hydrogen (secondary N) is 1. The average Bonchev–Trinajstić information content (AvgIpc) is 2.23. The Labute approximate surface area is 108 Å². The standard InChI is InChI=1S/C12H18ClNO2S/c1-10(11-5-3-6-12(13)9-11)14-7-4-8-17(2,15)16/h3,5-6,9-10,14H,4,7-8H2,1-2H3/t10-/m1/s1. The van der Waals surface area contributed by atoms with Crippen LogP contribution in [0.5, 0.6) is 0 Å². The summed E-state index contributed by atoms with van der Waals surface area (Å²) in [5.74, 6) is 0.224. The molecule has 0 radical (unpaired) electrons. The van der Waals surface area contributed by atoms with E-state index in [1.54, 1.807) is 0 Å². The highest BCUT2D eigenvalue weighted by Gasteiger charge is 2.06. The Morgan fingerprint density at radius 2 is 2.12 bits per heavy atom. The second kappa shape index (κ2) is 6.38. The molecule has 0 saturated heterocycles. The second-order valence-electron chi connectivity index (χ2n) is 4.21. The van der Waals surface area contributed by atoms with Gasteiger partial charge in [0.15, 0.2) is 0 Å². The van der Waals surface area contributed by atoms with E-state index in [1.165, 1.54) is 6.26 Å². The van der Waals surface area contributed by atoms with Crippen LogP contribution in [0.15, 0.2) is 24.3 Å². The molecule has 5 heteroatoms. The first-order valence-corrected chi connectivity index (χ1v) is 7.99. The molecule has 1 aromatic rings. The maximum absolute atomic E-state index is 10.9. The normalized spacial score (nSPS) is 13.6. The zero-order chi connectivity index (χ0) is 12.9. The molecular formula is C12H18ClNO2S. The third kappa shape index (κ3) is 6.05. The van der Waals surface area contributed by atoms with Crippen LogP contribution < -0.4 is 5.32 Å². The molecule has 0 unspecified atom stereocenters. The van der Waals surface area contributed by atoms with E-state index in [4.69, 9.17) is 11.6 Å². The van der Waals surface area contributed by atoms with E-state index in [0.29, 0.717) is 18.0 Å². The van der Waals surface area contributed by atoms with Gasteiger partial charge in [0, 0.05) is 17.3 Å². The largest absolute Gasteiger partial charge is 0.310 e. The molecule has 96 valence electrons. The van der Waals surface area contributed by atoms with Gasteiger partial charge >= 0.3 is 0 Å². The Bertz CT molecular complexity index is 459. The lowest BCUT2D eigenvalue weighted by molar-refractivity contribution is 0.562. The van der Waals surface area contributed by atoms with Crippen LogP contribution in [0.25, 0.3) is 0 Å². The van der Waals surface area contributed by atoms with E-state index in [-0.39, 0.29) is 11.8 Å². The Morgan fingerprint density at radius 3 is 2.71 bits per heavy atom. The van der Waals surface area contributed by atoms with Crippen molar-refractivity contribution in [2.24, 2.45) is 0 Å². The number of hydrogen-bond donors (Lipinski definition) is 1. The Kier molecular flexibility index (Phi) is 5.43. The van der Waals surface area contributed by atoms with Crippen molar-refractivity contribution in [3.05, 3.63) is 34.9 Å². The van der Waals surface area contributed by atoms with Gasteiger partial charge < -0.3 is 5.32 Å². The smallest absolute Gasteiger partial charge is 0.147 e. The molecule has 0 aliphatic rings. The minimum absolute atomic E-state index is 0.174. The van der Waals surface area contributed by atoms with Crippen molar-refractivity contribution in [1.82, 2.24) is 5.32 Å². The van der Waals surface area contributed by atoms with Crippen molar-refractivity contribution >= 4 is 21.4 Å². The van der Waals surface area contributed by atoms with Gasteiger partial charge in [-0.2, -0.15) is 0 Å². The molecule has 0 heterocycles. The van der Waals surface area contributed by atoms with Crippen molar-refractivity contribution in [2.45, 2.75) is 19.4 Å². The van der Waals surface area contributed by atoms with Crippen LogP contribution in [-0.2, 0) is 9.84 Å². The Morgan fingerprint density at radius 1 is 1.41 bits per heavy atom. The fraction of sp³-hybridized carbons (Fsp3) is 0.500. The van der Waals surface area contributed by atoms with Gasteiger partial charge in [-0.3, -0.25) is 0 Å². The van der Waals surface area contributed by atoms with Crippen LogP contribution in [0.1, 0.15) is 24.9 Å². The van der Waals surface area contributed by atoms with Crippen LogP contribution in [-0.4, -0.2) is 27.0 Å². The van der Waals surface area contributed by atoms with E-state index in [2.05, 4.69) is 5.32 Å². The molecule has 0 aliphatic carbocycles. The van der Waals surface area contributed by atoms with E-state index >= 15 is 0 Å². The SMILES string of the molecule is C[C@@H](NCCCS(C)(=O)=O)c1cccc(Cl)c1. The Balaban J connectivity index is 2.38. The van der Waals surface area contributed by atoms with E-state index in [0.717, 1.165) is 5.56 Å². The molecule has 1 rings (SSSR count). The molecule has 1 aromatic carbocycles. The van der Waals surface area contributed by atoms with Crippen LogP contribution in [0.2, 0.25) is 5.02 Å². The zero-order valence-corrected chi connectivity index (χ0v) is 11.7. The quantitative estimate of drug-likeness (QED) is 0.811. The van der Waals surface area contributed by atoms with Crippen molar-refractivity contribution in [1.29, 1.82) is 0 Å². The number of hydrogen-bond acceptors (Lipinski definition) is 3. The van der Waals surface area contributed by atoms with Gasteiger partial charge in [0.05, 0.1) is 5.75 Å². The van der Waals surface area contributed by atoms with Gasteiger partial charge in [0.1, 0.15) is 9.84 Å². The average molecular weight is 276 g/mol. The van der Waals surface area contributed by atoms with E-state index in [1.807, 2.05) is 31.2 Å². The first-order valence-electron chi connectivity index (χ1n) is 5.55. The lowest BCUT2D eigenvalue weighted by Crippen LogP contribution is -2.21. The maximum Gasteiger partial charge on any atom is 0.147 e. The fourth-order valence-corrected chi connectivity index (χ4v) is 2.41. The molecule has 0 spiro atoms. The fourth-order valence-electron chi connectivity index (χ4n) is 1.55. The lowest BCUT2D eigenvalue weighted by atomic mass is 10.1. The topological polar surface area (TPSA) is 46.2 Å². The van der Waals surface area contributed by atoms with E-state index in [9.17, 15) is 8.42 Å². The van der Waals surface area contributed by atoms with Crippen LogP contribution >= 0.6 is 11.6 Å². The molecule has 0 amide bonds. The van der Waals surface area contributed by atoms with Gasteiger partial charge in [-0.25, -0.2) is 8.42 Å². The Hall–Kier alpha value is -0.580. The van der Waals surface area contributed by atoms with Crippen molar-refractivity contribution in [3.63, 3.8) is 0 Å². The first kappa shape index (κ1) is 14.5. The maximum atomic E-state index is 10.9. The summed E-state index contributed by atoms with van der Waals surface area (Å²) < 4.78 is 21.9. The van der Waals surface area contributed by atoms with Crippen molar-refractivity contribution < 1.29 is 8.42 Å². The van der Waals surface area contributed by atoms with Gasteiger partial charge in [0.2, 0.25) is 0 Å². The van der Waals surface area contributed by atoms with E-state index < -0.39 is 9.84 Å². The highest BCUT2D eigenvalue weighted by molar-refractivity contribution is 7.90. The van der Waals surface area contributed by atoms with Crippen LogP contribution in [0.4, 0.5) is 0 Å². The zero-order valence-electron chi connectivity index (χ0n) is 10.1. The number of benzene rings is 1. The third-order valence-corrected chi connectivity index (χ3v) is 3.76. The monoisotopic (exact) mass is 275 g/mol. The third-order valence-electron chi connectivity index (χ3n) is 2.49. The minimum Gasteiger partial charge on any atom is -0.310 e. The van der Waals surface area contributed by atoms with Gasteiger partial charge in [0.25, 0.3) is 0 Å². The molecule has 0 fully saturated rings. The summed E-state index contributed by atoms with van der Waals surface area (Å²) in [7, 11) is -2.85. The summed E-state index contributed by atoms with van der Waals surface area (Å²) in [4.78, 5) is 0. The molecule has 0 saturated carbocycles. The van der Waals surface area contributed by atoms with Gasteiger partial charge in [-0.15, -0.1) is 0 Å². The predicted octanol–water partition coefficient (Wildman–Crippen LogP) is 2.43. The molecule has 3 nitrogen and oxygen atoms in total. The van der Waals surface area contributed by atoms with Gasteiger partial charge in [-0.05, 0) is 37.6 Å². The van der Waals surface area contributed by atoms with Crippen molar-refractivity contribution in [3.8, 4) is 0 Å². The molecule has 0 bridgehead atoms. The van der Waals surface area contributed by atoms with Crippen LogP contribution in [0.3, 0.4) is 0 Å². The van der Waals surface area contributed by atoms with Crippen molar-refractivity contribution in [2.75, 3.05) is 18.6 Å². The molecule has 0 aromatic heterocycles. The predicted molar refractivity (Wildman–Crippen MR) is 72.2 cm³/mol. The van der Waals surface area contributed by atoms with Gasteiger partial charge in [-0.1, -0.05) is 23.7 Å². The number of rotatable bonds is 6. The second-order valence-corrected chi connectivity index (χ2v) is 6.91. The highest BCUT2D eigenvalue weighted by Crippen LogP contribution is 2.17. The minimum atomic E-state index is -2.85. The molecule has 17 heavy (non-hydrogen) atoms. The summed E-state index contributed by atoms with van der Waals surface area (Å²) in [6.45, 7) is 2.72. The first-order chi connectivity index (χ1) is 7.88. The molecule has 1 N–H and O–H groups in total. The molecule has 1 atom stereocenters. The lowest BCUT2D eigenvalue weighted by Gasteiger charge is -2.14. The highest BCUT2D eigenvalue weighted by atomic mass is 35.5. The van der Waals surface area contributed by atoms with Crippen LogP contribution in [0, 0.1) is 0 Å². The number of halogens is 1. The summed E-state index contributed by atoms with van der Waals surface area (Å²) in [6, 6.07) is 7.83. The number of sulfone groups is 1.